The van der Waals surface area contributed by atoms with E-state index in [1.807, 2.05) is 31.3 Å². The molecule has 0 saturated heterocycles. The van der Waals surface area contributed by atoms with Crippen LogP contribution in [0.2, 0.25) is 0 Å². The second kappa shape index (κ2) is 5.30. The smallest absolute Gasteiger partial charge is 0.0889 e. The van der Waals surface area contributed by atoms with Crippen molar-refractivity contribution in [1.82, 2.24) is 15.2 Å². The van der Waals surface area contributed by atoms with Gasteiger partial charge in [0.15, 0.2) is 0 Å². The van der Waals surface area contributed by atoms with E-state index in [0.717, 1.165) is 20.2 Å². The molecular weight excluding hydrogens is 348 g/mol. The average molecular weight is 360 g/mol. The van der Waals surface area contributed by atoms with Gasteiger partial charge in [-0.3, -0.25) is 10.5 Å². The zero-order chi connectivity index (χ0) is 12.4. The first-order valence-corrected chi connectivity index (χ1v) is 6.61. The van der Waals surface area contributed by atoms with Crippen LogP contribution in [0.1, 0.15) is 17.3 Å². The standard InChI is InChI=1S/C11H12Br2N4/c1-17-10(4-5-15-17)11(16-14)8-6-7(12)2-3-9(8)13/h2-6,11,16H,14H2,1H3. The number of hydrogen-bond donors (Lipinski definition) is 2. The minimum Gasteiger partial charge on any atom is -0.271 e. The molecule has 2 aromatic rings. The number of halogens is 2. The molecule has 17 heavy (non-hydrogen) atoms. The van der Waals surface area contributed by atoms with E-state index in [9.17, 15) is 0 Å². The van der Waals surface area contributed by atoms with Crippen molar-refractivity contribution in [3.05, 3.63) is 50.7 Å². The Labute approximate surface area is 116 Å². The lowest BCUT2D eigenvalue weighted by Gasteiger charge is -2.18. The van der Waals surface area contributed by atoms with Crippen molar-refractivity contribution in [1.29, 1.82) is 0 Å². The molecule has 0 radical (unpaired) electrons. The van der Waals surface area contributed by atoms with Crippen molar-refractivity contribution in [3.63, 3.8) is 0 Å². The normalized spacial score (nSPS) is 12.7. The second-order valence-corrected chi connectivity index (χ2v) is 5.42. The van der Waals surface area contributed by atoms with Gasteiger partial charge >= 0.3 is 0 Å². The van der Waals surface area contributed by atoms with E-state index < -0.39 is 0 Å². The van der Waals surface area contributed by atoms with E-state index in [0.29, 0.717) is 0 Å². The quantitative estimate of drug-likeness (QED) is 0.654. The molecule has 1 aromatic carbocycles. The third-order valence-corrected chi connectivity index (χ3v) is 3.81. The first-order valence-electron chi connectivity index (χ1n) is 5.02. The Morgan fingerprint density at radius 1 is 1.35 bits per heavy atom. The van der Waals surface area contributed by atoms with E-state index >= 15 is 0 Å². The molecule has 3 N–H and O–H groups in total. The molecule has 6 heteroatoms. The molecule has 0 amide bonds. The van der Waals surface area contributed by atoms with Crippen LogP contribution in [0.4, 0.5) is 0 Å². The number of benzene rings is 1. The van der Waals surface area contributed by atoms with E-state index in [1.54, 1.807) is 10.9 Å². The van der Waals surface area contributed by atoms with Gasteiger partial charge in [0.25, 0.3) is 0 Å². The molecule has 2 rings (SSSR count). The van der Waals surface area contributed by atoms with Crippen molar-refractivity contribution < 1.29 is 0 Å². The molecule has 4 nitrogen and oxygen atoms in total. The first kappa shape index (κ1) is 12.8. The Hall–Kier alpha value is -0.690. The van der Waals surface area contributed by atoms with Crippen LogP contribution in [0, 0.1) is 0 Å². The third kappa shape index (κ3) is 2.60. The zero-order valence-electron chi connectivity index (χ0n) is 9.19. The third-order valence-electron chi connectivity index (χ3n) is 2.59. The van der Waals surface area contributed by atoms with Gasteiger partial charge in [0.05, 0.1) is 11.7 Å². The molecule has 1 aromatic heterocycles. The summed E-state index contributed by atoms with van der Waals surface area (Å²) in [5.41, 5.74) is 4.88. The van der Waals surface area contributed by atoms with Crippen LogP contribution in [-0.2, 0) is 7.05 Å². The highest BCUT2D eigenvalue weighted by Crippen LogP contribution is 2.30. The molecule has 0 aliphatic heterocycles. The monoisotopic (exact) mass is 358 g/mol. The van der Waals surface area contributed by atoms with Crippen LogP contribution >= 0.6 is 31.9 Å². The summed E-state index contributed by atoms with van der Waals surface area (Å²) in [6, 6.07) is 7.83. The lowest BCUT2D eigenvalue weighted by molar-refractivity contribution is 0.573. The molecule has 0 bridgehead atoms. The summed E-state index contributed by atoms with van der Waals surface area (Å²) < 4.78 is 3.82. The maximum Gasteiger partial charge on any atom is 0.0889 e. The summed E-state index contributed by atoms with van der Waals surface area (Å²) in [4.78, 5) is 0. The fourth-order valence-corrected chi connectivity index (χ4v) is 2.59. The number of hydrogen-bond acceptors (Lipinski definition) is 3. The van der Waals surface area contributed by atoms with Gasteiger partial charge in [0.1, 0.15) is 0 Å². The van der Waals surface area contributed by atoms with Gasteiger partial charge in [0, 0.05) is 22.2 Å². The predicted molar refractivity (Wildman–Crippen MR) is 74.2 cm³/mol. The molecule has 0 aliphatic rings. The van der Waals surface area contributed by atoms with Crippen LogP contribution in [0.3, 0.4) is 0 Å². The van der Waals surface area contributed by atoms with Gasteiger partial charge < -0.3 is 0 Å². The van der Waals surface area contributed by atoms with Gasteiger partial charge in [-0.15, -0.1) is 0 Å². The number of aryl methyl sites for hydroxylation is 1. The van der Waals surface area contributed by atoms with Crippen LogP contribution in [0.25, 0.3) is 0 Å². The molecule has 0 spiro atoms. The number of aromatic nitrogens is 2. The van der Waals surface area contributed by atoms with E-state index in [-0.39, 0.29) is 6.04 Å². The topological polar surface area (TPSA) is 55.9 Å². The molecule has 1 heterocycles. The van der Waals surface area contributed by atoms with Gasteiger partial charge in [-0.25, -0.2) is 5.43 Å². The minimum absolute atomic E-state index is 0.102. The Bertz CT molecular complexity index is 524. The Morgan fingerprint density at radius 3 is 2.71 bits per heavy atom. The molecular formula is C11H12Br2N4. The van der Waals surface area contributed by atoms with Crippen LogP contribution in [0.5, 0.6) is 0 Å². The fraction of sp³-hybridized carbons (Fsp3) is 0.182. The maximum atomic E-state index is 5.66. The molecule has 1 atom stereocenters. The van der Waals surface area contributed by atoms with E-state index in [1.165, 1.54) is 0 Å². The van der Waals surface area contributed by atoms with Crippen molar-refractivity contribution in [2.45, 2.75) is 6.04 Å². The number of nitrogens with two attached hydrogens (primary N) is 1. The van der Waals surface area contributed by atoms with Crippen molar-refractivity contribution in [2.24, 2.45) is 12.9 Å². The number of rotatable bonds is 3. The zero-order valence-corrected chi connectivity index (χ0v) is 12.4. The summed E-state index contributed by atoms with van der Waals surface area (Å²) >= 11 is 7.00. The first-order chi connectivity index (χ1) is 8.13. The molecule has 0 fully saturated rings. The largest absolute Gasteiger partial charge is 0.271 e. The van der Waals surface area contributed by atoms with Crippen LogP contribution in [0.15, 0.2) is 39.4 Å². The summed E-state index contributed by atoms with van der Waals surface area (Å²) in [5.74, 6) is 5.66. The summed E-state index contributed by atoms with van der Waals surface area (Å²) in [6.45, 7) is 0. The second-order valence-electron chi connectivity index (χ2n) is 3.65. The highest BCUT2D eigenvalue weighted by Gasteiger charge is 2.18. The van der Waals surface area contributed by atoms with Crippen LogP contribution in [-0.4, -0.2) is 9.78 Å². The van der Waals surface area contributed by atoms with Crippen molar-refractivity contribution in [3.8, 4) is 0 Å². The lowest BCUT2D eigenvalue weighted by atomic mass is 10.0. The van der Waals surface area contributed by atoms with Gasteiger partial charge in [-0.2, -0.15) is 5.10 Å². The Balaban J connectivity index is 2.49. The van der Waals surface area contributed by atoms with Crippen molar-refractivity contribution >= 4 is 31.9 Å². The molecule has 1 unspecified atom stereocenters. The maximum absolute atomic E-state index is 5.66. The minimum atomic E-state index is -0.102. The summed E-state index contributed by atoms with van der Waals surface area (Å²) in [6.07, 6.45) is 1.76. The van der Waals surface area contributed by atoms with Crippen molar-refractivity contribution in [2.75, 3.05) is 0 Å². The highest BCUT2D eigenvalue weighted by molar-refractivity contribution is 9.11. The van der Waals surface area contributed by atoms with Gasteiger partial charge in [-0.05, 0) is 29.8 Å². The summed E-state index contributed by atoms with van der Waals surface area (Å²) in [5, 5.41) is 4.16. The van der Waals surface area contributed by atoms with Crippen LogP contribution < -0.4 is 11.3 Å². The molecule has 0 aliphatic carbocycles. The van der Waals surface area contributed by atoms with E-state index in [2.05, 4.69) is 42.4 Å². The summed E-state index contributed by atoms with van der Waals surface area (Å²) in [7, 11) is 1.89. The number of nitrogens with one attached hydrogen (secondary N) is 1. The number of nitrogens with zero attached hydrogens (tertiary/aromatic N) is 2. The predicted octanol–water partition coefficient (Wildman–Crippen LogP) is 2.50. The van der Waals surface area contributed by atoms with Gasteiger partial charge in [-0.1, -0.05) is 31.9 Å². The Morgan fingerprint density at radius 2 is 2.12 bits per heavy atom. The fourth-order valence-electron chi connectivity index (χ4n) is 1.74. The number of hydrazine groups is 1. The Kier molecular flexibility index (Phi) is 3.98. The molecule has 90 valence electrons. The lowest BCUT2D eigenvalue weighted by Crippen LogP contribution is -2.30. The molecule has 0 saturated carbocycles. The SMILES string of the molecule is Cn1nccc1C(NN)c1cc(Br)ccc1Br. The average Bonchev–Trinajstić information content (AvgIpc) is 2.71. The van der Waals surface area contributed by atoms with Gasteiger partial charge in [0.2, 0.25) is 0 Å². The highest BCUT2D eigenvalue weighted by atomic mass is 79.9. The van der Waals surface area contributed by atoms with E-state index in [4.69, 9.17) is 5.84 Å².